The van der Waals surface area contributed by atoms with Crippen LogP contribution in [0.25, 0.3) is 88.1 Å². The largest absolute Gasteiger partial charge is 0.456 e. The van der Waals surface area contributed by atoms with E-state index in [4.69, 9.17) is 13.3 Å². The van der Waals surface area contributed by atoms with Crippen LogP contribution >= 0.6 is 0 Å². The Morgan fingerprint density at radius 3 is 1.75 bits per heavy atom. The van der Waals surface area contributed by atoms with Crippen LogP contribution in [-0.2, 0) is 0 Å². The fourth-order valence-electron chi connectivity index (χ4n) is 7.89. The van der Waals surface area contributed by atoms with Crippen molar-refractivity contribution in [3.8, 4) is 22.3 Å². The lowest BCUT2D eigenvalue weighted by atomic mass is 9.96. The number of benzene rings is 8. The summed E-state index contributed by atoms with van der Waals surface area (Å²) in [4.78, 5) is 2.30. The molecule has 0 aliphatic heterocycles. The first kappa shape index (κ1) is 28.8. The highest BCUT2D eigenvalue weighted by molar-refractivity contribution is 6.19. The van der Waals surface area contributed by atoms with E-state index < -0.39 is 0 Å². The predicted molar refractivity (Wildman–Crippen MR) is 214 cm³/mol. The third kappa shape index (κ3) is 4.34. The molecule has 52 heavy (non-hydrogen) atoms. The van der Waals surface area contributed by atoms with Gasteiger partial charge in [0.1, 0.15) is 27.9 Å². The minimum Gasteiger partial charge on any atom is -0.456 e. The summed E-state index contributed by atoms with van der Waals surface area (Å²) in [5, 5.41) is 6.53. The van der Waals surface area contributed by atoms with Crippen LogP contribution in [0, 0.1) is 0 Å². The van der Waals surface area contributed by atoms with Gasteiger partial charge in [0.15, 0.2) is 5.58 Å². The normalized spacial score (nSPS) is 11.8. The summed E-state index contributed by atoms with van der Waals surface area (Å²) in [6, 6.07) is 61.2. The zero-order chi connectivity index (χ0) is 34.2. The van der Waals surface area contributed by atoms with Gasteiger partial charge in [0.2, 0.25) is 0 Å². The SMILES string of the molecule is c1ccc(N(c2cccc3c2oc2ccccc23)c2ccc(-c3cccc(-c4ccc5c(c4)oc4ccccc45)c3)c3oc4ccccc4c23)cc1. The molecule has 0 spiro atoms. The molecule has 0 unspecified atom stereocenters. The van der Waals surface area contributed by atoms with Crippen molar-refractivity contribution in [3.63, 3.8) is 0 Å². The fraction of sp³-hybridized carbons (Fsp3) is 0. The lowest BCUT2D eigenvalue weighted by Crippen LogP contribution is -2.10. The van der Waals surface area contributed by atoms with Gasteiger partial charge in [-0.3, -0.25) is 0 Å². The molecule has 4 heteroatoms. The molecule has 0 saturated heterocycles. The first-order valence-corrected chi connectivity index (χ1v) is 17.5. The van der Waals surface area contributed by atoms with Gasteiger partial charge in [-0.1, -0.05) is 109 Å². The molecule has 4 nitrogen and oxygen atoms in total. The first-order chi connectivity index (χ1) is 25.8. The van der Waals surface area contributed by atoms with Gasteiger partial charge < -0.3 is 18.2 Å². The summed E-state index contributed by atoms with van der Waals surface area (Å²) >= 11 is 0. The molecule has 3 aromatic heterocycles. The van der Waals surface area contributed by atoms with Gasteiger partial charge in [0.05, 0.1) is 16.8 Å². The third-order valence-electron chi connectivity index (χ3n) is 10.3. The highest BCUT2D eigenvalue weighted by Crippen LogP contribution is 2.48. The molecular weight excluding hydrogens is 639 g/mol. The van der Waals surface area contributed by atoms with E-state index in [0.717, 1.165) is 105 Å². The average Bonchev–Trinajstić information content (AvgIpc) is 3.90. The fourth-order valence-corrected chi connectivity index (χ4v) is 7.89. The zero-order valence-electron chi connectivity index (χ0n) is 27.9. The number of anilines is 3. The number of para-hydroxylation sites is 5. The van der Waals surface area contributed by atoms with Gasteiger partial charge in [-0.05, 0) is 83.4 Å². The van der Waals surface area contributed by atoms with E-state index >= 15 is 0 Å². The van der Waals surface area contributed by atoms with Crippen molar-refractivity contribution in [2.75, 3.05) is 4.90 Å². The summed E-state index contributed by atoms with van der Waals surface area (Å²) < 4.78 is 19.7. The Hall–Kier alpha value is -7.04. The summed E-state index contributed by atoms with van der Waals surface area (Å²) in [6.45, 7) is 0. The Morgan fingerprint density at radius 1 is 0.327 bits per heavy atom. The number of fused-ring (bicyclic) bond motifs is 9. The van der Waals surface area contributed by atoms with Crippen LogP contribution in [0.2, 0.25) is 0 Å². The zero-order valence-corrected chi connectivity index (χ0v) is 27.9. The summed E-state index contributed by atoms with van der Waals surface area (Å²) in [5.41, 5.74) is 12.5. The molecular formula is C48H29NO3. The predicted octanol–water partition coefficient (Wildman–Crippen LogP) is 14.2. The lowest BCUT2D eigenvalue weighted by molar-refractivity contribution is 0.668. The molecule has 11 aromatic rings. The number of hydrogen-bond acceptors (Lipinski definition) is 4. The molecule has 11 rings (SSSR count). The van der Waals surface area contributed by atoms with Gasteiger partial charge in [0, 0.05) is 38.2 Å². The smallest absolute Gasteiger partial charge is 0.159 e. The van der Waals surface area contributed by atoms with Gasteiger partial charge in [-0.15, -0.1) is 0 Å². The van der Waals surface area contributed by atoms with Crippen molar-refractivity contribution < 1.29 is 13.3 Å². The van der Waals surface area contributed by atoms with E-state index in [1.807, 2.05) is 36.4 Å². The second kappa shape index (κ2) is 11.2. The standard InChI is InChI=1S/C48H29NO3/c1-2-14-33(15-3-1)49(41-20-11-19-38-36-17-5-8-22-43(36)51-47(38)41)40-27-26-34(48-46(40)39-18-6-9-23-44(39)52-48)32-13-10-12-30(28-32)31-24-25-37-35-16-4-7-21-42(35)50-45(37)29-31/h1-29H. The van der Waals surface area contributed by atoms with E-state index in [-0.39, 0.29) is 0 Å². The Balaban J connectivity index is 1.13. The molecule has 0 bridgehead atoms. The molecule has 0 aliphatic carbocycles. The first-order valence-electron chi connectivity index (χ1n) is 17.5. The van der Waals surface area contributed by atoms with E-state index in [1.165, 1.54) is 0 Å². The van der Waals surface area contributed by atoms with Gasteiger partial charge in [-0.2, -0.15) is 0 Å². The van der Waals surface area contributed by atoms with Crippen LogP contribution in [-0.4, -0.2) is 0 Å². The lowest BCUT2D eigenvalue weighted by Gasteiger charge is -2.26. The van der Waals surface area contributed by atoms with E-state index in [0.29, 0.717) is 0 Å². The minimum atomic E-state index is 0.835. The van der Waals surface area contributed by atoms with Crippen molar-refractivity contribution >= 4 is 82.9 Å². The Labute approximate surface area is 298 Å². The topological polar surface area (TPSA) is 42.7 Å². The number of furan rings is 3. The van der Waals surface area contributed by atoms with Gasteiger partial charge >= 0.3 is 0 Å². The maximum absolute atomic E-state index is 6.81. The third-order valence-corrected chi connectivity index (χ3v) is 10.3. The Kier molecular flexibility index (Phi) is 6.22. The monoisotopic (exact) mass is 667 g/mol. The van der Waals surface area contributed by atoms with Crippen molar-refractivity contribution in [3.05, 3.63) is 176 Å². The van der Waals surface area contributed by atoms with Crippen LogP contribution in [0.3, 0.4) is 0 Å². The second-order valence-corrected chi connectivity index (χ2v) is 13.2. The molecule has 0 amide bonds. The molecule has 0 saturated carbocycles. The number of rotatable bonds is 5. The van der Waals surface area contributed by atoms with Crippen molar-refractivity contribution in [1.29, 1.82) is 0 Å². The van der Waals surface area contributed by atoms with Crippen LogP contribution in [0.4, 0.5) is 17.1 Å². The maximum atomic E-state index is 6.81. The van der Waals surface area contributed by atoms with Crippen molar-refractivity contribution in [2.24, 2.45) is 0 Å². The van der Waals surface area contributed by atoms with Crippen molar-refractivity contribution in [1.82, 2.24) is 0 Å². The summed E-state index contributed by atoms with van der Waals surface area (Å²) in [6.07, 6.45) is 0. The number of nitrogens with zero attached hydrogens (tertiary/aromatic N) is 1. The quantitative estimate of drug-likeness (QED) is 0.183. The maximum Gasteiger partial charge on any atom is 0.159 e. The molecule has 3 heterocycles. The summed E-state index contributed by atoms with van der Waals surface area (Å²) in [5.74, 6) is 0. The Bertz CT molecular complexity index is 3150. The van der Waals surface area contributed by atoms with Crippen molar-refractivity contribution in [2.45, 2.75) is 0 Å². The summed E-state index contributed by atoms with van der Waals surface area (Å²) in [7, 11) is 0. The van der Waals surface area contributed by atoms with E-state index in [1.54, 1.807) is 0 Å². The molecule has 0 atom stereocenters. The van der Waals surface area contributed by atoms with Gasteiger partial charge in [-0.25, -0.2) is 0 Å². The highest BCUT2D eigenvalue weighted by Gasteiger charge is 2.25. The molecule has 0 aliphatic rings. The van der Waals surface area contributed by atoms with Crippen LogP contribution in [0.15, 0.2) is 189 Å². The molecule has 0 fully saturated rings. The molecule has 0 N–H and O–H groups in total. The van der Waals surface area contributed by atoms with E-state index in [2.05, 4.69) is 144 Å². The minimum absolute atomic E-state index is 0.835. The van der Waals surface area contributed by atoms with Crippen LogP contribution < -0.4 is 4.90 Å². The van der Waals surface area contributed by atoms with E-state index in [9.17, 15) is 0 Å². The Morgan fingerprint density at radius 2 is 0.923 bits per heavy atom. The highest BCUT2D eigenvalue weighted by atomic mass is 16.3. The molecule has 0 radical (unpaired) electrons. The second-order valence-electron chi connectivity index (χ2n) is 13.2. The average molecular weight is 668 g/mol. The number of hydrogen-bond donors (Lipinski definition) is 0. The van der Waals surface area contributed by atoms with Crippen LogP contribution in [0.5, 0.6) is 0 Å². The van der Waals surface area contributed by atoms with Gasteiger partial charge in [0.25, 0.3) is 0 Å². The molecule has 8 aromatic carbocycles. The van der Waals surface area contributed by atoms with Crippen LogP contribution in [0.1, 0.15) is 0 Å². The molecule has 244 valence electrons.